The van der Waals surface area contributed by atoms with E-state index >= 15 is 0 Å². The van der Waals surface area contributed by atoms with Crippen molar-refractivity contribution in [1.82, 2.24) is 0 Å². The largest absolute Gasteiger partial charge is 0.500 e. The first-order chi connectivity index (χ1) is 8.76. The summed E-state index contributed by atoms with van der Waals surface area (Å²) in [6.07, 6.45) is 3.38. The van der Waals surface area contributed by atoms with Crippen LogP contribution in [0.5, 0.6) is 0 Å². The molecule has 0 aromatic carbocycles. The third-order valence-corrected chi connectivity index (χ3v) is 5.77. The van der Waals surface area contributed by atoms with Gasteiger partial charge in [0.05, 0.1) is 13.2 Å². The minimum Gasteiger partial charge on any atom is -0.379 e. The Balaban J connectivity index is 2.13. The summed E-state index contributed by atoms with van der Waals surface area (Å²) in [6.45, 7) is 5.10. The second-order valence-electron chi connectivity index (χ2n) is 4.43. The maximum absolute atomic E-state index is 5.82. The van der Waals surface area contributed by atoms with Crippen molar-refractivity contribution < 1.29 is 22.8 Å². The number of hydrogen-bond donors (Lipinski definition) is 0. The molecular weight excluding hydrogens is 252 g/mol. The van der Waals surface area contributed by atoms with Crippen LogP contribution in [0.15, 0.2) is 0 Å². The quantitative estimate of drug-likeness (QED) is 0.310. The van der Waals surface area contributed by atoms with Crippen LogP contribution in [-0.2, 0) is 22.8 Å². The van der Waals surface area contributed by atoms with Crippen molar-refractivity contribution in [2.75, 3.05) is 40.6 Å². The fraction of sp³-hybridized carbons (Fsp3) is 1.00. The van der Waals surface area contributed by atoms with Crippen LogP contribution in [0, 0.1) is 0 Å². The van der Waals surface area contributed by atoms with Gasteiger partial charge in [0.2, 0.25) is 0 Å². The zero-order valence-corrected chi connectivity index (χ0v) is 12.8. The van der Waals surface area contributed by atoms with Gasteiger partial charge in [0, 0.05) is 33.5 Å². The molecule has 1 saturated heterocycles. The number of epoxide rings is 1. The Morgan fingerprint density at radius 1 is 1.17 bits per heavy atom. The van der Waals surface area contributed by atoms with Gasteiger partial charge in [-0.1, -0.05) is 13.3 Å². The summed E-state index contributed by atoms with van der Waals surface area (Å²) in [7, 11) is 0.881. The van der Waals surface area contributed by atoms with E-state index in [2.05, 4.69) is 6.92 Å². The van der Waals surface area contributed by atoms with Gasteiger partial charge < -0.3 is 22.8 Å². The molecule has 5 nitrogen and oxygen atoms in total. The molecule has 0 saturated carbocycles. The topological polar surface area (TPSA) is 49.5 Å². The number of hydrogen-bond acceptors (Lipinski definition) is 5. The Labute approximate surface area is 111 Å². The summed E-state index contributed by atoms with van der Waals surface area (Å²) in [5.41, 5.74) is 0. The van der Waals surface area contributed by atoms with Crippen molar-refractivity contribution in [2.24, 2.45) is 0 Å². The zero-order valence-electron chi connectivity index (χ0n) is 11.8. The standard InChI is InChI=1S/C12H26O5Si/c1-4-5-8-17-18(13-2,14-3)9-6-7-15-10-12-11-16-12/h12H,4-11H2,1-3H3. The molecule has 0 N–H and O–H groups in total. The molecule has 108 valence electrons. The van der Waals surface area contributed by atoms with E-state index in [1.54, 1.807) is 14.2 Å². The summed E-state index contributed by atoms with van der Waals surface area (Å²) >= 11 is 0. The van der Waals surface area contributed by atoms with E-state index in [0.29, 0.717) is 25.9 Å². The molecule has 1 heterocycles. The fourth-order valence-corrected chi connectivity index (χ4v) is 3.61. The molecule has 1 aliphatic heterocycles. The molecule has 0 radical (unpaired) electrons. The van der Waals surface area contributed by atoms with Crippen molar-refractivity contribution in [3.63, 3.8) is 0 Å². The molecule has 1 atom stereocenters. The molecule has 0 aromatic rings. The van der Waals surface area contributed by atoms with E-state index in [9.17, 15) is 0 Å². The van der Waals surface area contributed by atoms with Gasteiger partial charge in [-0.3, -0.25) is 0 Å². The summed E-state index contributed by atoms with van der Waals surface area (Å²) < 4.78 is 27.4. The SMILES string of the molecule is CCCCO[Si](CCCOCC1CO1)(OC)OC. The van der Waals surface area contributed by atoms with E-state index in [1.807, 2.05) is 0 Å². The lowest BCUT2D eigenvalue weighted by molar-refractivity contribution is 0.0854. The van der Waals surface area contributed by atoms with Crippen LogP contribution in [0.4, 0.5) is 0 Å². The summed E-state index contributed by atoms with van der Waals surface area (Å²) in [5, 5.41) is 0. The van der Waals surface area contributed by atoms with Crippen LogP contribution in [0.3, 0.4) is 0 Å². The van der Waals surface area contributed by atoms with Gasteiger partial charge in [0.25, 0.3) is 0 Å². The lowest BCUT2D eigenvalue weighted by atomic mass is 10.4. The highest BCUT2D eigenvalue weighted by atomic mass is 28.4. The highest BCUT2D eigenvalue weighted by Gasteiger charge is 2.38. The van der Waals surface area contributed by atoms with Crippen molar-refractivity contribution in [2.45, 2.75) is 38.3 Å². The Morgan fingerprint density at radius 2 is 1.89 bits per heavy atom. The third kappa shape index (κ3) is 6.26. The van der Waals surface area contributed by atoms with Gasteiger partial charge in [0.1, 0.15) is 6.10 Å². The van der Waals surface area contributed by atoms with Crippen LogP contribution in [-0.4, -0.2) is 55.6 Å². The summed E-state index contributed by atoms with van der Waals surface area (Å²) in [4.78, 5) is 0. The fourth-order valence-electron chi connectivity index (χ4n) is 1.62. The zero-order chi connectivity index (χ0) is 13.3. The molecule has 0 aromatic heterocycles. The second-order valence-corrected chi connectivity index (χ2v) is 7.40. The minimum atomic E-state index is -2.45. The second kappa shape index (κ2) is 9.01. The van der Waals surface area contributed by atoms with Crippen LogP contribution >= 0.6 is 0 Å². The Hall–Kier alpha value is 0.0169. The van der Waals surface area contributed by atoms with Gasteiger partial charge in [-0.2, -0.15) is 0 Å². The first kappa shape index (κ1) is 16.1. The molecular formula is C12H26O5Si. The third-order valence-electron chi connectivity index (χ3n) is 2.92. The molecule has 18 heavy (non-hydrogen) atoms. The lowest BCUT2D eigenvalue weighted by Gasteiger charge is -2.26. The van der Waals surface area contributed by atoms with Crippen LogP contribution < -0.4 is 0 Å². The van der Waals surface area contributed by atoms with Crippen molar-refractivity contribution in [3.8, 4) is 0 Å². The van der Waals surface area contributed by atoms with E-state index in [-0.39, 0.29) is 0 Å². The Kier molecular flexibility index (Phi) is 8.04. The van der Waals surface area contributed by atoms with E-state index < -0.39 is 8.80 Å². The number of rotatable bonds is 12. The first-order valence-electron chi connectivity index (χ1n) is 6.70. The molecule has 1 aliphatic rings. The molecule has 0 bridgehead atoms. The van der Waals surface area contributed by atoms with Gasteiger partial charge >= 0.3 is 8.80 Å². The molecule has 1 rings (SSSR count). The van der Waals surface area contributed by atoms with E-state index in [1.165, 1.54) is 0 Å². The highest BCUT2D eigenvalue weighted by molar-refractivity contribution is 6.60. The van der Waals surface area contributed by atoms with Gasteiger partial charge in [0.15, 0.2) is 0 Å². The Morgan fingerprint density at radius 3 is 2.44 bits per heavy atom. The van der Waals surface area contributed by atoms with Gasteiger partial charge in [-0.05, 0) is 12.8 Å². The molecule has 1 unspecified atom stereocenters. The van der Waals surface area contributed by atoms with E-state index in [4.69, 9.17) is 22.8 Å². The average molecular weight is 278 g/mol. The van der Waals surface area contributed by atoms with Crippen molar-refractivity contribution in [3.05, 3.63) is 0 Å². The van der Waals surface area contributed by atoms with Crippen LogP contribution in [0.2, 0.25) is 6.04 Å². The van der Waals surface area contributed by atoms with Crippen molar-refractivity contribution in [1.29, 1.82) is 0 Å². The minimum absolute atomic E-state index is 0.331. The van der Waals surface area contributed by atoms with Gasteiger partial charge in [-0.15, -0.1) is 0 Å². The first-order valence-corrected chi connectivity index (χ1v) is 8.63. The van der Waals surface area contributed by atoms with Crippen LogP contribution in [0.1, 0.15) is 26.2 Å². The maximum atomic E-state index is 5.82. The monoisotopic (exact) mass is 278 g/mol. The number of unbranched alkanes of at least 4 members (excludes halogenated alkanes) is 1. The van der Waals surface area contributed by atoms with Crippen LogP contribution in [0.25, 0.3) is 0 Å². The molecule has 1 fully saturated rings. The van der Waals surface area contributed by atoms with E-state index in [0.717, 1.165) is 31.9 Å². The lowest BCUT2D eigenvalue weighted by Crippen LogP contribution is -2.44. The maximum Gasteiger partial charge on any atom is 0.500 e. The highest BCUT2D eigenvalue weighted by Crippen LogP contribution is 2.17. The molecule has 0 amide bonds. The Bertz CT molecular complexity index is 207. The average Bonchev–Trinajstić information content (AvgIpc) is 3.21. The predicted octanol–water partition coefficient (Wildman–Crippen LogP) is 1.84. The summed E-state index contributed by atoms with van der Waals surface area (Å²) in [6, 6.07) is 0.801. The molecule has 0 aliphatic carbocycles. The number of ether oxygens (including phenoxy) is 2. The van der Waals surface area contributed by atoms with Gasteiger partial charge in [-0.25, -0.2) is 0 Å². The smallest absolute Gasteiger partial charge is 0.379 e. The molecule has 6 heteroatoms. The molecule has 0 spiro atoms. The summed E-state index contributed by atoms with van der Waals surface area (Å²) in [5.74, 6) is 0. The van der Waals surface area contributed by atoms with Crippen molar-refractivity contribution >= 4 is 8.80 Å². The predicted molar refractivity (Wildman–Crippen MR) is 70.6 cm³/mol. The normalized spacial score (nSPS) is 19.2.